The fourth-order valence-corrected chi connectivity index (χ4v) is 3.88. The van der Waals surface area contributed by atoms with Crippen molar-refractivity contribution in [3.8, 4) is 0 Å². The van der Waals surface area contributed by atoms with Crippen LogP contribution in [0, 0.1) is 12.8 Å². The fourth-order valence-electron chi connectivity index (χ4n) is 3.88. The Bertz CT molecular complexity index is 1000. The molecule has 3 aromatic rings. The van der Waals surface area contributed by atoms with Gasteiger partial charge in [0.25, 0.3) is 5.91 Å². The van der Waals surface area contributed by atoms with E-state index in [1.807, 2.05) is 55.5 Å². The number of benzene rings is 1. The molecule has 2 aromatic heterocycles. The third kappa shape index (κ3) is 4.40. The first kappa shape index (κ1) is 19.8. The Morgan fingerprint density at radius 2 is 1.93 bits per heavy atom. The van der Waals surface area contributed by atoms with Crippen LogP contribution in [0.1, 0.15) is 30.1 Å². The minimum absolute atomic E-state index is 0.0453. The first-order chi connectivity index (χ1) is 14.6. The van der Waals surface area contributed by atoms with Crippen molar-refractivity contribution in [1.82, 2.24) is 19.7 Å². The maximum absolute atomic E-state index is 13.5. The van der Waals surface area contributed by atoms with Crippen molar-refractivity contribution in [2.45, 2.75) is 25.8 Å². The highest BCUT2D eigenvalue weighted by molar-refractivity contribution is 5.92. The summed E-state index contributed by atoms with van der Waals surface area (Å²) < 4.78 is 1.68. The monoisotopic (exact) mass is 403 g/mol. The number of hydrogen-bond donors (Lipinski definition) is 1. The Labute approximate surface area is 175 Å². The fraction of sp³-hybridized carbons (Fsp3) is 0.304. The van der Waals surface area contributed by atoms with Gasteiger partial charge >= 0.3 is 0 Å². The number of aryl methyl sites for hydroxylation is 1. The number of rotatable bonds is 5. The molecule has 2 unspecified atom stereocenters. The van der Waals surface area contributed by atoms with Gasteiger partial charge in [-0.2, -0.15) is 5.10 Å². The van der Waals surface area contributed by atoms with E-state index in [1.54, 1.807) is 28.0 Å². The quantitative estimate of drug-likeness (QED) is 0.710. The lowest BCUT2D eigenvalue weighted by molar-refractivity contribution is -0.137. The lowest BCUT2D eigenvalue weighted by Gasteiger charge is -2.34. The van der Waals surface area contributed by atoms with E-state index < -0.39 is 6.04 Å². The average molecular weight is 403 g/mol. The molecule has 0 bridgehead atoms. The molecule has 4 rings (SSSR count). The van der Waals surface area contributed by atoms with Crippen LogP contribution in [0.3, 0.4) is 0 Å². The molecule has 0 saturated carbocycles. The molecule has 2 atom stereocenters. The molecule has 1 aliphatic heterocycles. The summed E-state index contributed by atoms with van der Waals surface area (Å²) in [5, 5.41) is 7.20. The van der Waals surface area contributed by atoms with E-state index in [0.717, 1.165) is 24.1 Å². The average Bonchev–Trinajstić information content (AvgIpc) is 3.29. The summed E-state index contributed by atoms with van der Waals surface area (Å²) in [5.41, 5.74) is 1.72. The van der Waals surface area contributed by atoms with Crippen LogP contribution in [0.4, 0.5) is 5.82 Å². The van der Waals surface area contributed by atoms with Gasteiger partial charge in [-0.15, -0.1) is 0 Å². The predicted molar refractivity (Wildman–Crippen MR) is 114 cm³/mol. The van der Waals surface area contributed by atoms with Crippen molar-refractivity contribution in [3.05, 3.63) is 78.2 Å². The summed E-state index contributed by atoms with van der Waals surface area (Å²) in [6.45, 7) is 2.91. The van der Waals surface area contributed by atoms with Gasteiger partial charge in [-0.3, -0.25) is 14.3 Å². The normalized spacial score (nSPS) is 17.4. The molecule has 3 heterocycles. The maximum atomic E-state index is 13.5. The number of nitrogens with one attached hydrogen (secondary N) is 1. The van der Waals surface area contributed by atoms with Crippen LogP contribution in [-0.4, -0.2) is 44.6 Å². The summed E-state index contributed by atoms with van der Waals surface area (Å²) in [6, 6.07) is 16.4. The van der Waals surface area contributed by atoms with E-state index in [0.29, 0.717) is 18.9 Å². The molecule has 30 heavy (non-hydrogen) atoms. The smallest absolute Gasteiger partial charge is 0.252 e. The molecule has 7 heteroatoms. The number of hydrogen-bond acceptors (Lipinski definition) is 4. The van der Waals surface area contributed by atoms with E-state index >= 15 is 0 Å². The van der Waals surface area contributed by atoms with Gasteiger partial charge in [0.1, 0.15) is 5.82 Å². The largest absolute Gasteiger partial charge is 0.340 e. The number of carbonyl (C=O) groups excluding carboxylic acids is 2. The third-order valence-electron chi connectivity index (χ3n) is 5.38. The summed E-state index contributed by atoms with van der Waals surface area (Å²) in [4.78, 5) is 32.4. The standard InChI is InChI=1S/C23H25N5O2/c1-17-8-5-12-20(25-17)26-22(29)19-11-6-14-27(16-19)23(30)21(28-15-7-13-24-28)18-9-3-2-4-10-18/h2-5,7-10,12-13,15,19,21H,6,11,14,16H2,1H3,(H,25,26,29). The number of piperidine rings is 1. The molecule has 1 aliphatic rings. The van der Waals surface area contributed by atoms with Gasteiger partial charge in [-0.05, 0) is 43.5 Å². The number of aromatic nitrogens is 3. The molecular weight excluding hydrogens is 378 g/mol. The van der Waals surface area contributed by atoms with Gasteiger partial charge < -0.3 is 10.2 Å². The first-order valence-electron chi connectivity index (χ1n) is 10.2. The summed E-state index contributed by atoms with van der Waals surface area (Å²) in [5.74, 6) is 0.137. The highest BCUT2D eigenvalue weighted by Crippen LogP contribution is 2.25. The lowest BCUT2D eigenvalue weighted by Crippen LogP contribution is -2.46. The van der Waals surface area contributed by atoms with Crippen LogP contribution in [0.25, 0.3) is 0 Å². The Hall–Kier alpha value is -3.48. The molecule has 0 spiro atoms. The van der Waals surface area contributed by atoms with Crippen molar-refractivity contribution >= 4 is 17.6 Å². The topological polar surface area (TPSA) is 80.1 Å². The molecule has 1 N–H and O–H groups in total. The van der Waals surface area contributed by atoms with Crippen molar-refractivity contribution in [1.29, 1.82) is 0 Å². The highest BCUT2D eigenvalue weighted by Gasteiger charge is 2.33. The van der Waals surface area contributed by atoms with Gasteiger partial charge in [0, 0.05) is 31.2 Å². The number of nitrogens with zero attached hydrogens (tertiary/aromatic N) is 4. The van der Waals surface area contributed by atoms with Crippen molar-refractivity contribution in [3.63, 3.8) is 0 Å². The van der Waals surface area contributed by atoms with Crippen LogP contribution < -0.4 is 5.32 Å². The molecule has 1 aromatic carbocycles. The second-order valence-electron chi connectivity index (χ2n) is 7.58. The Morgan fingerprint density at radius 1 is 1.10 bits per heavy atom. The number of anilines is 1. The van der Waals surface area contributed by atoms with Crippen LogP contribution in [0.15, 0.2) is 67.0 Å². The van der Waals surface area contributed by atoms with E-state index in [-0.39, 0.29) is 17.7 Å². The lowest BCUT2D eigenvalue weighted by atomic mass is 9.95. The van der Waals surface area contributed by atoms with Gasteiger partial charge in [0.15, 0.2) is 6.04 Å². The molecule has 154 valence electrons. The Kier molecular flexibility index (Phi) is 5.88. The summed E-state index contributed by atoms with van der Waals surface area (Å²) in [6.07, 6.45) is 5.00. The molecule has 2 amide bonds. The number of pyridine rings is 1. The van der Waals surface area contributed by atoms with Crippen LogP contribution >= 0.6 is 0 Å². The second-order valence-corrected chi connectivity index (χ2v) is 7.58. The second kappa shape index (κ2) is 8.90. The van der Waals surface area contributed by atoms with Crippen molar-refractivity contribution in [2.24, 2.45) is 5.92 Å². The van der Waals surface area contributed by atoms with Crippen molar-refractivity contribution in [2.75, 3.05) is 18.4 Å². The highest BCUT2D eigenvalue weighted by atomic mass is 16.2. The minimum Gasteiger partial charge on any atom is -0.340 e. The molecule has 0 aliphatic carbocycles. The summed E-state index contributed by atoms with van der Waals surface area (Å²) >= 11 is 0. The predicted octanol–water partition coefficient (Wildman–Crippen LogP) is 3.05. The van der Waals surface area contributed by atoms with E-state index in [1.165, 1.54) is 0 Å². The van der Waals surface area contributed by atoms with Crippen LogP contribution in [0.5, 0.6) is 0 Å². The molecule has 1 saturated heterocycles. The first-order valence-corrected chi connectivity index (χ1v) is 10.2. The van der Waals surface area contributed by atoms with Gasteiger partial charge in [-0.25, -0.2) is 4.98 Å². The van der Waals surface area contributed by atoms with Gasteiger partial charge in [0.2, 0.25) is 5.91 Å². The molecular formula is C23H25N5O2. The van der Waals surface area contributed by atoms with Gasteiger partial charge in [0.05, 0.1) is 5.92 Å². The minimum atomic E-state index is -0.540. The Morgan fingerprint density at radius 3 is 2.67 bits per heavy atom. The Balaban J connectivity index is 1.50. The molecule has 0 radical (unpaired) electrons. The molecule has 7 nitrogen and oxygen atoms in total. The van der Waals surface area contributed by atoms with Gasteiger partial charge in [-0.1, -0.05) is 36.4 Å². The number of amides is 2. The zero-order chi connectivity index (χ0) is 20.9. The zero-order valence-corrected chi connectivity index (χ0v) is 16.9. The number of likely N-dealkylation sites (tertiary alicyclic amines) is 1. The van der Waals surface area contributed by atoms with Crippen molar-refractivity contribution < 1.29 is 9.59 Å². The van der Waals surface area contributed by atoms with E-state index in [9.17, 15) is 9.59 Å². The van der Waals surface area contributed by atoms with Crippen LogP contribution in [0.2, 0.25) is 0 Å². The van der Waals surface area contributed by atoms with E-state index in [2.05, 4.69) is 15.4 Å². The van der Waals surface area contributed by atoms with Crippen LogP contribution in [-0.2, 0) is 9.59 Å². The SMILES string of the molecule is Cc1cccc(NC(=O)C2CCCN(C(=O)C(c3ccccc3)n3cccn3)C2)n1. The summed E-state index contributed by atoms with van der Waals surface area (Å²) in [7, 11) is 0. The third-order valence-corrected chi connectivity index (χ3v) is 5.38. The maximum Gasteiger partial charge on any atom is 0.252 e. The van der Waals surface area contributed by atoms with E-state index in [4.69, 9.17) is 0 Å². The number of carbonyl (C=O) groups is 2. The molecule has 1 fully saturated rings. The zero-order valence-electron chi connectivity index (χ0n) is 16.9.